The predicted molar refractivity (Wildman–Crippen MR) is 113 cm³/mol. The highest BCUT2D eigenvalue weighted by Gasteiger charge is 2.36. The number of ether oxygens (including phenoxy) is 1. The van der Waals surface area contributed by atoms with Crippen molar-refractivity contribution in [1.29, 1.82) is 0 Å². The van der Waals surface area contributed by atoms with Crippen molar-refractivity contribution >= 4 is 11.9 Å². The number of carbonyl (C=O) groups is 1. The molecule has 1 atom stereocenters. The minimum atomic E-state index is -0.652. The maximum atomic E-state index is 12.3. The van der Waals surface area contributed by atoms with Crippen LogP contribution in [0, 0.1) is 6.92 Å². The molecule has 1 heterocycles. The van der Waals surface area contributed by atoms with Crippen LogP contribution < -0.4 is 10.5 Å². The summed E-state index contributed by atoms with van der Waals surface area (Å²) >= 11 is 0. The van der Waals surface area contributed by atoms with Crippen molar-refractivity contribution in [3.63, 3.8) is 0 Å². The molecule has 148 valence electrons. The van der Waals surface area contributed by atoms with Crippen LogP contribution in [0.3, 0.4) is 0 Å². The van der Waals surface area contributed by atoms with Gasteiger partial charge in [-0.05, 0) is 60.7 Å². The molecule has 1 amide bonds. The molecule has 0 fully saturated rings. The number of guanidine groups is 1. The van der Waals surface area contributed by atoms with Crippen LogP contribution in [0.5, 0.6) is 5.75 Å². The van der Waals surface area contributed by atoms with Gasteiger partial charge in [-0.3, -0.25) is 9.69 Å². The van der Waals surface area contributed by atoms with E-state index in [-0.39, 0.29) is 11.9 Å². The van der Waals surface area contributed by atoms with Crippen molar-refractivity contribution in [2.24, 2.45) is 10.7 Å². The van der Waals surface area contributed by atoms with E-state index in [1.165, 1.54) is 4.90 Å². The van der Waals surface area contributed by atoms with Crippen molar-refractivity contribution in [2.45, 2.75) is 45.6 Å². The number of aliphatic imine (C=N–C) groups is 1. The van der Waals surface area contributed by atoms with Gasteiger partial charge in [-0.1, -0.05) is 37.6 Å². The Hall–Kier alpha value is -2.82. The zero-order chi connectivity index (χ0) is 20.3. The Kier molecular flexibility index (Phi) is 5.73. The van der Waals surface area contributed by atoms with Gasteiger partial charge in [0.05, 0.1) is 18.6 Å². The molecule has 0 aromatic heterocycles. The Morgan fingerprint density at radius 3 is 2.71 bits per heavy atom. The lowest BCUT2D eigenvalue weighted by atomic mass is 9.85. The molecule has 2 aromatic carbocycles. The predicted octanol–water partition coefficient (Wildman–Crippen LogP) is 4.23. The Morgan fingerprint density at radius 2 is 2.04 bits per heavy atom. The van der Waals surface area contributed by atoms with Crippen LogP contribution in [0.1, 0.15) is 44.2 Å². The highest BCUT2D eigenvalue weighted by Crippen LogP contribution is 2.36. The quantitative estimate of drug-likeness (QED) is 0.764. The third-order valence-corrected chi connectivity index (χ3v) is 5.33. The monoisotopic (exact) mass is 379 g/mol. The van der Waals surface area contributed by atoms with Crippen molar-refractivity contribution in [1.82, 2.24) is 4.90 Å². The van der Waals surface area contributed by atoms with Crippen LogP contribution in [-0.4, -0.2) is 30.4 Å². The van der Waals surface area contributed by atoms with Gasteiger partial charge in [0, 0.05) is 7.05 Å². The normalized spacial score (nSPS) is 19.5. The Morgan fingerprint density at radius 1 is 1.25 bits per heavy atom. The fourth-order valence-corrected chi connectivity index (χ4v) is 3.48. The average Bonchev–Trinajstić information content (AvgIpc) is 2.66. The number of hydrogen-bond acceptors (Lipinski definition) is 4. The van der Waals surface area contributed by atoms with Crippen molar-refractivity contribution < 1.29 is 9.53 Å². The number of nitrogens with zero attached hydrogens (tertiary/aromatic N) is 2. The second kappa shape index (κ2) is 8.05. The third-order valence-electron chi connectivity index (χ3n) is 5.33. The van der Waals surface area contributed by atoms with E-state index >= 15 is 0 Å². The summed E-state index contributed by atoms with van der Waals surface area (Å²) in [4.78, 5) is 18.3. The first-order valence-corrected chi connectivity index (χ1v) is 9.80. The lowest BCUT2D eigenvalue weighted by Crippen LogP contribution is -2.47. The standard InChI is InChI=1S/C23H29N3O2/c1-5-6-12-28-19-10-11-20(16(2)13-19)17-8-7-9-18(14-17)23(3)15-21(27)26(4)22(24)25-23/h7-11,13-14H,5-6,12,15H2,1-4H3,(H2,24,25). The minimum absolute atomic E-state index is 0.0230. The second-order valence-electron chi connectivity index (χ2n) is 7.63. The van der Waals surface area contributed by atoms with E-state index in [1.54, 1.807) is 7.05 Å². The largest absolute Gasteiger partial charge is 0.494 e. The minimum Gasteiger partial charge on any atom is -0.494 e. The number of unbranched alkanes of at least 4 members (excludes halogenated alkanes) is 1. The van der Waals surface area contributed by atoms with E-state index in [9.17, 15) is 4.79 Å². The first kappa shape index (κ1) is 19.9. The molecule has 1 unspecified atom stereocenters. The molecular formula is C23H29N3O2. The van der Waals surface area contributed by atoms with Gasteiger partial charge >= 0.3 is 0 Å². The van der Waals surface area contributed by atoms with Crippen LogP contribution in [-0.2, 0) is 10.3 Å². The van der Waals surface area contributed by atoms with Crippen molar-refractivity contribution in [3.8, 4) is 16.9 Å². The first-order chi connectivity index (χ1) is 13.3. The van der Waals surface area contributed by atoms with E-state index in [0.717, 1.165) is 47.5 Å². The third kappa shape index (κ3) is 4.03. The summed E-state index contributed by atoms with van der Waals surface area (Å²) < 4.78 is 5.81. The van der Waals surface area contributed by atoms with Crippen LogP contribution in [0.15, 0.2) is 47.5 Å². The number of amides is 1. The Balaban J connectivity index is 1.91. The molecule has 1 aliphatic rings. The molecule has 0 aliphatic carbocycles. The van der Waals surface area contributed by atoms with Crippen molar-refractivity contribution in [3.05, 3.63) is 53.6 Å². The summed E-state index contributed by atoms with van der Waals surface area (Å²) in [5.41, 5.74) is 9.68. The van der Waals surface area contributed by atoms with Gasteiger partial charge in [0.1, 0.15) is 5.75 Å². The summed E-state index contributed by atoms with van der Waals surface area (Å²) in [7, 11) is 1.66. The van der Waals surface area contributed by atoms with Gasteiger partial charge in [0.25, 0.3) is 0 Å². The average molecular weight is 380 g/mol. The topological polar surface area (TPSA) is 67.9 Å². The molecule has 0 saturated heterocycles. The summed E-state index contributed by atoms with van der Waals surface area (Å²) in [5, 5.41) is 0. The lowest BCUT2D eigenvalue weighted by molar-refractivity contribution is -0.128. The molecule has 0 radical (unpaired) electrons. The fraction of sp³-hybridized carbons (Fsp3) is 0.391. The number of carbonyl (C=O) groups excluding carboxylic acids is 1. The van der Waals surface area contributed by atoms with Gasteiger partial charge in [-0.2, -0.15) is 0 Å². The summed E-state index contributed by atoms with van der Waals surface area (Å²) in [5.74, 6) is 1.13. The molecular weight excluding hydrogens is 350 g/mol. The van der Waals surface area contributed by atoms with E-state index in [2.05, 4.69) is 43.1 Å². The van der Waals surface area contributed by atoms with Gasteiger partial charge in [-0.15, -0.1) is 0 Å². The number of benzene rings is 2. The molecule has 1 aliphatic heterocycles. The maximum Gasteiger partial charge on any atom is 0.231 e. The van der Waals surface area contributed by atoms with E-state index < -0.39 is 5.54 Å². The Labute approximate surface area is 167 Å². The smallest absolute Gasteiger partial charge is 0.231 e. The molecule has 0 bridgehead atoms. The molecule has 2 aromatic rings. The number of aryl methyl sites for hydroxylation is 1. The summed E-state index contributed by atoms with van der Waals surface area (Å²) in [6.07, 6.45) is 2.48. The van der Waals surface area contributed by atoms with Gasteiger partial charge in [0.15, 0.2) is 5.96 Å². The number of hydrogen-bond donors (Lipinski definition) is 1. The second-order valence-corrected chi connectivity index (χ2v) is 7.63. The molecule has 5 heteroatoms. The van der Waals surface area contributed by atoms with Gasteiger partial charge < -0.3 is 10.5 Å². The van der Waals surface area contributed by atoms with Crippen LogP contribution in [0.4, 0.5) is 0 Å². The molecule has 2 N–H and O–H groups in total. The first-order valence-electron chi connectivity index (χ1n) is 9.80. The van der Waals surface area contributed by atoms with E-state index in [4.69, 9.17) is 10.5 Å². The van der Waals surface area contributed by atoms with Crippen molar-refractivity contribution in [2.75, 3.05) is 13.7 Å². The Bertz CT molecular complexity index is 906. The van der Waals surface area contributed by atoms with Gasteiger partial charge in [0.2, 0.25) is 5.91 Å². The maximum absolute atomic E-state index is 12.3. The zero-order valence-corrected chi connectivity index (χ0v) is 17.2. The van der Waals surface area contributed by atoms with Crippen LogP contribution in [0.2, 0.25) is 0 Å². The number of rotatable bonds is 6. The lowest BCUT2D eigenvalue weighted by Gasteiger charge is -2.33. The highest BCUT2D eigenvalue weighted by atomic mass is 16.5. The summed E-state index contributed by atoms with van der Waals surface area (Å²) in [6.45, 7) is 6.94. The fourth-order valence-electron chi connectivity index (χ4n) is 3.48. The molecule has 3 rings (SSSR count). The SMILES string of the molecule is CCCCOc1ccc(-c2cccc(C3(C)CC(=O)N(C)C(N)=N3)c2)c(C)c1. The van der Waals surface area contributed by atoms with Crippen LogP contribution >= 0.6 is 0 Å². The van der Waals surface area contributed by atoms with Crippen LogP contribution in [0.25, 0.3) is 11.1 Å². The summed E-state index contributed by atoms with van der Waals surface area (Å²) in [6, 6.07) is 14.4. The number of nitrogens with two attached hydrogens (primary N) is 1. The van der Waals surface area contributed by atoms with E-state index in [1.807, 2.05) is 25.1 Å². The molecule has 0 spiro atoms. The van der Waals surface area contributed by atoms with Gasteiger partial charge in [-0.25, -0.2) is 4.99 Å². The molecule has 5 nitrogen and oxygen atoms in total. The highest BCUT2D eigenvalue weighted by molar-refractivity contribution is 5.98. The zero-order valence-electron chi connectivity index (χ0n) is 17.2. The van der Waals surface area contributed by atoms with E-state index in [0.29, 0.717) is 6.42 Å². The molecule has 0 saturated carbocycles. The molecule has 28 heavy (non-hydrogen) atoms.